The first-order chi connectivity index (χ1) is 16.8. The van der Waals surface area contributed by atoms with Crippen LogP contribution in [0.5, 0.6) is 5.75 Å². The van der Waals surface area contributed by atoms with Crippen LogP contribution in [0, 0.1) is 17.0 Å². The molecule has 1 aliphatic rings. The molecule has 1 atom stereocenters. The second-order valence-electron chi connectivity index (χ2n) is 8.01. The third-order valence-corrected chi connectivity index (χ3v) is 5.77. The van der Waals surface area contributed by atoms with Gasteiger partial charge in [0.25, 0.3) is 11.6 Å². The van der Waals surface area contributed by atoms with E-state index >= 15 is 0 Å². The third kappa shape index (κ3) is 5.52. The van der Waals surface area contributed by atoms with E-state index < -0.39 is 11.1 Å². The normalized spacial score (nSPS) is 14.6. The number of aryl methyl sites for hydroxylation is 1. The largest absolute Gasteiger partial charge is 0.493 e. The predicted octanol–water partition coefficient (Wildman–Crippen LogP) is 5.01. The molecule has 0 radical (unpaired) electrons. The van der Waals surface area contributed by atoms with E-state index in [1.54, 1.807) is 54.6 Å². The van der Waals surface area contributed by atoms with Crippen LogP contribution in [0.25, 0.3) is 0 Å². The molecule has 9 nitrogen and oxygen atoms in total. The Morgan fingerprint density at radius 2 is 1.91 bits per heavy atom. The van der Waals surface area contributed by atoms with Gasteiger partial charge in [0.2, 0.25) is 5.91 Å². The summed E-state index contributed by atoms with van der Waals surface area (Å²) < 4.78 is 5.73. The predicted molar refractivity (Wildman–Crippen MR) is 131 cm³/mol. The first-order valence-corrected chi connectivity index (χ1v) is 11.3. The molecule has 0 aromatic heterocycles. The number of hydrogen-bond donors (Lipinski definition) is 2. The summed E-state index contributed by atoms with van der Waals surface area (Å²) >= 11 is 5.96. The number of rotatable bonds is 8. The number of nitrogens with zero attached hydrogens (tertiary/aromatic N) is 2. The third-order valence-electron chi connectivity index (χ3n) is 5.53. The quantitative estimate of drug-likeness (QED) is 0.258. The smallest absolute Gasteiger partial charge is 0.276 e. The summed E-state index contributed by atoms with van der Waals surface area (Å²) in [6.45, 7) is 2.20. The number of carbonyl (C=O) groups excluding carboxylic acids is 2. The maximum atomic E-state index is 13.2. The Balaban J connectivity index is 1.44. The molecule has 1 unspecified atom stereocenters. The van der Waals surface area contributed by atoms with Gasteiger partial charge in [0.15, 0.2) is 0 Å². The van der Waals surface area contributed by atoms with Crippen molar-refractivity contribution >= 4 is 34.8 Å². The van der Waals surface area contributed by atoms with Gasteiger partial charge in [0, 0.05) is 29.3 Å². The van der Waals surface area contributed by atoms with E-state index in [9.17, 15) is 19.7 Å². The highest BCUT2D eigenvalue weighted by atomic mass is 35.5. The van der Waals surface area contributed by atoms with Crippen molar-refractivity contribution in [3.05, 3.63) is 98.6 Å². The monoisotopic (exact) mass is 494 g/mol. The van der Waals surface area contributed by atoms with Crippen LogP contribution in [0.1, 0.15) is 40.5 Å². The van der Waals surface area contributed by atoms with Gasteiger partial charge in [-0.3, -0.25) is 25.1 Å². The molecule has 2 N–H and O–H groups in total. The lowest BCUT2D eigenvalue weighted by molar-refractivity contribution is -0.384. The Hall–Kier alpha value is -4.11. The molecule has 3 aromatic rings. The molecule has 2 amide bonds. The first kappa shape index (κ1) is 24.0. The highest BCUT2D eigenvalue weighted by molar-refractivity contribution is 6.30. The summed E-state index contributed by atoms with van der Waals surface area (Å²) in [7, 11) is 0. The number of nitro groups is 1. The van der Waals surface area contributed by atoms with Crippen LogP contribution < -0.4 is 15.5 Å². The van der Waals surface area contributed by atoms with Crippen LogP contribution >= 0.6 is 11.6 Å². The van der Waals surface area contributed by atoms with Crippen molar-refractivity contribution in [2.24, 2.45) is 0 Å². The molecule has 0 fully saturated rings. The standard InChI is InChI=1S/C25H23ClN4O5/c1-16-15-18(26)10-13-22(16)35-14-4-7-23(31)28-29-24(17-8-11-19(12-9-17)30(33)34)27-21-6-3-2-5-20(21)25(29)32/h2-3,5-6,8-13,15,24,27H,4,7,14H2,1H3,(H,28,31). The van der Waals surface area contributed by atoms with Gasteiger partial charge >= 0.3 is 0 Å². The number of fused-ring (bicyclic) bond motifs is 1. The van der Waals surface area contributed by atoms with E-state index in [-0.39, 0.29) is 23.9 Å². The first-order valence-electron chi connectivity index (χ1n) is 11.0. The zero-order valence-electron chi connectivity index (χ0n) is 18.9. The van der Waals surface area contributed by atoms with Crippen molar-refractivity contribution in [1.82, 2.24) is 10.4 Å². The van der Waals surface area contributed by atoms with Crippen molar-refractivity contribution in [2.75, 3.05) is 11.9 Å². The van der Waals surface area contributed by atoms with Crippen LogP contribution in [0.15, 0.2) is 66.7 Å². The summed E-state index contributed by atoms with van der Waals surface area (Å²) in [4.78, 5) is 36.5. The van der Waals surface area contributed by atoms with Gasteiger partial charge in [0.1, 0.15) is 11.9 Å². The second-order valence-corrected chi connectivity index (χ2v) is 8.45. The lowest BCUT2D eigenvalue weighted by atomic mass is 10.0. The number of anilines is 1. The molecule has 3 aromatic carbocycles. The fourth-order valence-corrected chi connectivity index (χ4v) is 3.99. The molecule has 0 bridgehead atoms. The molecular weight excluding hydrogens is 472 g/mol. The molecule has 4 rings (SSSR count). The van der Waals surface area contributed by atoms with Crippen molar-refractivity contribution in [1.29, 1.82) is 0 Å². The van der Waals surface area contributed by atoms with Gasteiger partial charge in [-0.2, -0.15) is 0 Å². The van der Waals surface area contributed by atoms with Crippen molar-refractivity contribution in [3.63, 3.8) is 0 Å². The van der Waals surface area contributed by atoms with Crippen LogP contribution in [0.3, 0.4) is 0 Å². The van der Waals surface area contributed by atoms with Crippen LogP contribution in [0.4, 0.5) is 11.4 Å². The average molecular weight is 495 g/mol. The molecule has 0 aliphatic carbocycles. The number of non-ortho nitro benzene ring substituents is 1. The average Bonchev–Trinajstić information content (AvgIpc) is 2.84. The van der Waals surface area contributed by atoms with Gasteiger partial charge in [-0.15, -0.1) is 0 Å². The van der Waals surface area contributed by atoms with Crippen molar-refractivity contribution < 1.29 is 19.2 Å². The van der Waals surface area contributed by atoms with Crippen LogP contribution in [-0.4, -0.2) is 28.4 Å². The molecule has 0 saturated heterocycles. The summed E-state index contributed by atoms with van der Waals surface area (Å²) in [5, 5.41) is 16.1. The van der Waals surface area contributed by atoms with E-state index in [2.05, 4.69) is 10.7 Å². The zero-order valence-corrected chi connectivity index (χ0v) is 19.6. The fraction of sp³-hybridized carbons (Fsp3) is 0.200. The molecular formula is C25H23ClN4O5. The van der Waals surface area contributed by atoms with E-state index in [1.807, 2.05) is 6.92 Å². The minimum Gasteiger partial charge on any atom is -0.493 e. The summed E-state index contributed by atoms with van der Waals surface area (Å²) in [6, 6.07) is 18.1. The number of halogens is 1. The number of hydrazine groups is 1. The Labute approximate surface area is 206 Å². The van der Waals surface area contributed by atoms with E-state index in [1.165, 1.54) is 17.1 Å². The number of nitrogens with one attached hydrogen (secondary N) is 2. The highest BCUT2D eigenvalue weighted by Crippen LogP contribution is 2.32. The molecule has 0 spiro atoms. The van der Waals surface area contributed by atoms with Crippen LogP contribution in [0.2, 0.25) is 5.02 Å². The highest BCUT2D eigenvalue weighted by Gasteiger charge is 2.34. The number of carbonyl (C=O) groups is 2. The second kappa shape index (κ2) is 10.4. The number of nitro benzene ring substituents is 1. The number of amides is 2. The Bertz CT molecular complexity index is 1260. The number of hydrogen-bond acceptors (Lipinski definition) is 6. The van der Waals surface area contributed by atoms with Gasteiger partial charge in [-0.05, 0) is 66.9 Å². The Morgan fingerprint density at radius 1 is 1.17 bits per heavy atom. The van der Waals surface area contributed by atoms with Crippen LogP contribution in [-0.2, 0) is 4.79 Å². The minimum atomic E-state index is -0.741. The van der Waals surface area contributed by atoms with Gasteiger partial charge < -0.3 is 10.1 Å². The lowest BCUT2D eigenvalue weighted by Crippen LogP contribution is -2.52. The SMILES string of the molecule is Cc1cc(Cl)ccc1OCCCC(=O)NN1C(=O)c2ccccc2NC1c1ccc([N+](=O)[O-])cc1. The maximum Gasteiger partial charge on any atom is 0.276 e. The molecule has 35 heavy (non-hydrogen) atoms. The summed E-state index contributed by atoms with van der Waals surface area (Å²) in [5.74, 6) is -0.0491. The maximum absolute atomic E-state index is 13.2. The molecule has 180 valence electrons. The summed E-state index contributed by atoms with van der Waals surface area (Å²) in [5.41, 5.74) is 5.12. The topological polar surface area (TPSA) is 114 Å². The van der Waals surface area contributed by atoms with Gasteiger partial charge in [-0.1, -0.05) is 23.7 Å². The Kier molecular flexibility index (Phi) is 7.17. The lowest BCUT2D eigenvalue weighted by Gasteiger charge is -2.37. The Morgan fingerprint density at radius 3 is 2.63 bits per heavy atom. The van der Waals surface area contributed by atoms with E-state index in [4.69, 9.17) is 16.3 Å². The minimum absolute atomic E-state index is 0.0669. The molecule has 0 saturated carbocycles. The number of benzene rings is 3. The molecule has 1 heterocycles. The van der Waals surface area contributed by atoms with Crippen molar-refractivity contribution in [3.8, 4) is 5.75 Å². The van der Waals surface area contributed by atoms with Crippen molar-refractivity contribution in [2.45, 2.75) is 25.9 Å². The fourth-order valence-electron chi connectivity index (χ4n) is 3.76. The van der Waals surface area contributed by atoms with Gasteiger partial charge in [-0.25, -0.2) is 5.01 Å². The zero-order chi connectivity index (χ0) is 24.9. The number of ether oxygens (including phenoxy) is 1. The van der Waals surface area contributed by atoms with Gasteiger partial charge in [0.05, 0.1) is 17.1 Å². The number of para-hydroxylation sites is 1. The van der Waals surface area contributed by atoms with E-state index in [0.717, 1.165) is 5.56 Å². The molecule has 1 aliphatic heterocycles. The molecule has 10 heteroatoms. The van der Waals surface area contributed by atoms with E-state index in [0.29, 0.717) is 40.6 Å². The summed E-state index contributed by atoms with van der Waals surface area (Å²) in [6.07, 6.45) is -0.178.